The molecule has 0 radical (unpaired) electrons. The van der Waals surface area contributed by atoms with Gasteiger partial charge in [-0.25, -0.2) is 0 Å². The van der Waals surface area contributed by atoms with Gasteiger partial charge in [0.25, 0.3) is 0 Å². The Kier molecular flexibility index (Phi) is 3.78. The van der Waals surface area contributed by atoms with Crippen molar-refractivity contribution in [1.29, 1.82) is 0 Å². The quantitative estimate of drug-likeness (QED) is 0.844. The van der Waals surface area contributed by atoms with Crippen molar-refractivity contribution < 1.29 is 5.11 Å². The lowest BCUT2D eigenvalue weighted by molar-refractivity contribution is 0.351. The summed E-state index contributed by atoms with van der Waals surface area (Å²) in [7, 11) is 0. The van der Waals surface area contributed by atoms with Gasteiger partial charge in [0.05, 0.1) is 6.61 Å². The lowest BCUT2D eigenvalue weighted by Gasteiger charge is -2.05. The van der Waals surface area contributed by atoms with Crippen LogP contribution in [0.3, 0.4) is 0 Å². The van der Waals surface area contributed by atoms with E-state index in [2.05, 4.69) is 12.3 Å². The maximum Gasteiger partial charge on any atom is 0.0760 e. The summed E-state index contributed by atoms with van der Waals surface area (Å²) in [6.45, 7) is 5.97. The molecule has 0 bridgehead atoms. The smallest absolute Gasteiger partial charge is 0.0760 e. The van der Waals surface area contributed by atoms with Crippen molar-refractivity contribution >= 4 is 17.9 Å². The van der Waals surface area contributed by atoms with Crippen LogP contribution in [0.2, 0.25) is 0 Å². The lowest BCUT2D eigenvalue weighted by Crippen LogP contribution is -2.20. The standard InChI is InChI=1S/C17H16O/c1-13-7-3-5-9-15(13)11-16(12-18)17-10-6-4-8-14(17)2/h3-10,18H,1,12H2,2H3. The van der Waals surface area contributed by atoms with Gasteiger partial charge < -0.3 is 5.11 Å². The van der Waals surface area contributed by atoms with Crippen LogP contribution in [0.5, 0.6) is 0 Å². The van der Waals surface area contributed by atoms with Gasteiger partial charge in [-0.1, -0.05) is 49.0 Å². The van der Waals surface area contributed by atoms with Crippen molar-refractivity contribution in [1.82, 2.24) is 0 Å². The third-order valence-corrected chi connectivity index (χ3v) is 2.93. The minimum absolute atomic E-state index is 0.0286. The summed E-state index contributed by atoms with van der Waals surface area (Å²) in [4.78, 5) is 0. The third-order valence-electron chi connectivity index (χ3n) is 2.93. The van der Waals surface area contributed by atoms with Gasteiger partial charge in [0.1, 0.15) is 0 Å². The topological polar surface area (TPSA) is 20.2 Å². The molecule has 2 aromatic rings. The summed E-state index contributed by atoms with van der Waals surface area (Å²) in [5.74, 6) is 0. The van der Waals surface area contributed by atoms with E-state index in [-0.39, 0.29) is 6.61 Å². The highest BCUT2D eigenvalue weighted by atomic mass is 16.3. The summed E-state index contributed by atoms with van der Waals surface area (Å²) in [5.41, 5.74) is 6.22. The Balaban J connectivity index is 2.75. The highest BCUT2D eigenvalue weighted by Crippen LogP contribution is 2.16. The molecular weight excluding hydrogens is 220 g/mol. The molecule has 0 aliphatic heterocycles. The molecule has 0 spiro atoms. The molecule has 0 saturated carbocycles. The number of aliphatic hydroxyl groups excluding tert-OH is 1. The van der Waals surface area contributed by atoms with E-state index in [1.165, 1.54) is 0 Å². The fourth-order valence-corrected chi connectivity index (χ4v) is 1.91. The number of aliphatic hydroxyl groups is 1. The third kappa shape index (κ3) is 2.60. The second kappa shape index (κ2) is 5.50. The molecule has 18 heavy (non-hydrogen) atoms. The fourth-order valence-electron chi connectivity index (χ4n) is 1.91. The minimum atomic E-state index is -0.0286. The summed E-state index contributed by atoms with van der Waals surface area (Å²) in [5, 5.41) is 11.4. The monoisotopic (exact) mass is 236 g/mol. The molecule has 2 aromatic carbocycles. The van der Waals surface area contributed by atoms with Crippen molar-refractivity contribution in [2.75, 3.05) is 6.61 Å². The van der Waals surface area contributed by atoms with Crippen molar-refractivity contribution in [3.8, 4) is 0 Å². The van der Waals surface area contributed by atoms with Crippen molar-refractivity contribution in [2.45, 2.75) is 6.92 Å². The molecule has 0 amide bonds. The van der Waals surface area contributed by atoms with Crippen LogP contribution in [0.15, 0.2) is 48.5 Å². The van der Waals surface area contributed by atoms with Gasteiger partial charge in [-0.2, -0.15) is 0 Å². The number of benzene rings is 2. The van der Waals surface area contributed by atoms with E-state index in [0.717, 1.165) is 27.1 Å². The molecule has 0 aliphatic carbocycles. The van der Waals surface area contributed by atoms with Crippen LogP contribution in [0.4, 0.5) is 0 Å². The molecular formula is C17H16O. The largest absolute Gasteiger partial charge is 0.391 e. The maximum atomic E-state index is 9.54. The number of rotatable bonds is 2. The van der Waals surface area contributed by atoms with Gasteiger partial charge in [-0.3, -0.25) is 0 Å². The number of hydrogen-bond donors (Lipinski definition) is 1. The zero-order valence-corrected chi connectivity index (χ0v) is 10.5. The van der Waals surface area contributed by atoms with Crippen molar-refractivity contribution in [3.05, 3.63) is 70.1 Å². The molecule has 1 heteroatoms. The van der Waals surface area contributed by atoms with Crippen LogP contribution >= 0.6 is 0 Å². The first-order valence-corrected chi connectivity index (χ1v) is 5.93. The van der Waals surface area contributed by atoms with Crippen LogP contribution in [0, 0.1) is 6.92 Å². The van der Waals surface area contributed by atoms with Crippen LogP contribution in [0.25, 0.3) is 17.9 Å². The first kappa shape index (κ1) is 12.4. The van der Waals surface area contributed by atoms with E-state index in [0.29, 0.717) is 0 Å². The van der Waals surface area contributed by atoms with Gasteiger partial charge in [0, 0.05) is 10.8 Å². The predicted octanol–water partition coefficient (Wildman–Crippen LogP) is 1.86. The summed E-state index contributed by atoms with van der Waals surface area (Å²) >= 11 is 0. The second-order valence-electron chi connectivity index (χ2n) is 4.23. The highest BCUT2D eigenvalue weighted by molar-refractivity contribution is 5.76. The molecule has 0 atom stereocenters. The molecule has 2 rings (SSSR count). The summed E-state index contributed by atoms with van der Waals surface area (Å²) < 4.78 is 0. The molecule has 0 aromatic heterocycles. The Labute approximate surface area is 107 Å². The number of aryl methyl sites for hydroxylation is 1. The zero-order valence-electron chi connectivity index (χ0n) is 10.5. The van der Waals surface area contributed by atoms with E-state index in [1.54, 1.807) is 0 Å². The van der Waals surface area contributed by atoms with Crippen molar-refractivity contribution in [2.24, 2.45) is 0 Å². The fraction of sp³-hybridized carbons (Fsp3) is 0.118. The maximum absolute atomic E-state index is 9.54. The van der Waals surface area contributed by atoms with Crippen LogP contribution < -0.4 is 10.4 Å². The average molecular weight is 236 g/mol. The Morgan fingerprint density at radius 3 is 2.44 bits per heavy atom. The van der Waals surface area contributed by atoms with Crippen LogP contribution in [-0.2, 0) is 0 Å². The van der Waals surface area contributed by atoms with E-state index in [1.807, 2.05) is 55.5 Å². The van der Waals surface area contributed by atoms with Gasteiger partial charge in [-0.15, -0.1) is 5.73 Å². The van der Waals surface area contributed by atoms with Crippen molar-refractivity contribution in [3.63, 3.8) is 0 Å². The molecule has 1 N–H and O–H groups in total. The van der Waals surface area contributed by atoms with Gasteiger partial charge in [0.2, 0.25) is 0 Å². The zero-order chi connectivity index (χ0) is 13.0. The average Bonchev–Trinajstić information content (AvgIpc) is 2.39. The SMILES string of the molecule is C=c1ccccc1=C=C(CO)c1ccccc1C. The Hall–Kier alpha value is -2.08. The van der Waals surface area contributed by atoms with E-state index < -0.39 is 0 Å². The number of hydrogen-bond acceptors (Lipinski definition) is 1. The minimum Gasteiger partial charge on any atom is -0.391 e. The van der Waals surface area contributed by atoms with Crippen LogP contribution in [0.1, 0.15) is 11.1 Å². The van der Waals surface area contributed by atoms with Gasteiger partial charge in [-0.05, 0) is 29.3 Å². The second-order valence-corrected chi connectivity index (χ2v) is 4.23. The summed E-state index contributed by atoms with van der Waals surface area (Å²) in [6, 6.07) is 15.8. The predicted molar refractivity (Wildman–Crippen MR) is 76.3 cm³/mol. The molecule has 0 saturated heterocycles. The Morgan fingerprint density at radius 1 is 1.11 bits per heavy atom. The van der Waals surface area contributed by atoms with Gasteiger partial charge in [0.15, 0.2) is 0 Å². The molecule has 0 fully saturated rings. The van der Waals surface area contributed by atoms with E-state index in [9.17, 15) is 5.11 Å². The molecule has 1 nitrogen and oxygen atoms in total. The summed E-state index contributed by atoms with van der Waals surface area (Å²) in [6.07, 6.45) is 0. The first-order chi connectivity index (χ1) is 8.72. The molecule has 0 aliphatic rings. The van der Waals surface area contributed by atoms with Gasteiger partial charge >= 0.3 is 0 Å². The Morgan fingerprint density at radius 2 is 1.78 bits per heavy atom. The van der Waals surface area contributed by atoms with E-state index >= 15 is 0 Å². The highest BCUT2D eigenvalue weighted by Gasteiger charge is 2.01. The molecule has 0 unspecified atom stereocenters. The molecule has 0 heterocycles. The van der Waals surface area contributed by atoms with E-state index in [4.69, 9.17) is 0 Å². The Bertz CT molecular complexity index is 692. The van der Waals surface area contributed by atoms with Crippen LogP contribution in [-0.4, -0.2) is 11.7 Å². The lowest BCUT2D eigenvalue weighted by atomic mass is 10.0. The first-order valence-electron chi connectivity index (χ1n) is 5.93. The normalized spacial score (nSPS) is 9.89. The molecule has 90 valence electrons.